The smallest absolute Gasteiger partial charge is 0.314 e. The van der Waals surface area contributed by atoms with Gasteiger partial charge in [0.1, 0.15) is 5.75 Å². The normalized spacial score (nSPS) is 14.0. The Morgan fingerprint density at radius 3 is 2.71 bits per heavy atom. The van der Waals surface area contributed by atoms with Crippen LogP contribution in [0.5, 0.6) is 5.75 Å². The molecule has 1 aliphatic rings. The largest absolute Gasteiger partial charge is 0.492 e. The number of rotatable bonds is 8. The highest BCUT2D eigenvalue weighted by molar-refractivity contribution is 8.14. The summed E-state index contributed by atoms with van der Waals surface area (Å²) in [5.41, 5.74) is 0. The van der Waals surface area contributed by atoms with Gasteiger partial charge in [0.05, 0.1) is 17.4 Å². The van der Waals surface area contributed by atoms with Gasteiger partial charge in [-0.1, -0.05) is 35.5 Å². The molecular weight excluding hydrogens is 354 g/mol. The molecule has 130 valence electrons. The molecular formula is C15H18ClN3O4S. The molecule has 0 radical (unpaired) electrons. The van der Waals surface area contributed by atoms with Gasteiger partial charge in [0.2, 0.25) is 5.91 Å². The summed E-state index contributed by atoms with van der Waals surface area (Å²) in [5.74, 6) is 0.571. The summed E-state index contributed by atoms with van der Waals surface area (Å²) >= 11 is 6.94. The van der Waals surface area contributed by atoms with E-state index >= 15 is 0 Å². The number of nitrogens with zero attached hydrogens (tertiary/aromatic N) is 1. The topological polar surface area (TPSA) is 87.7 Å². The van der Waals surface area contributed by atoms with Crippen LogP contribution in [0.25, 0.3) is 0 Å². The van der Waals surface area contributed by atoms with Crippen LogP contribution in [0.3, 0.4) is 0 Å². The first-order valence-corrected chi connectivity index (χ1v) is 8.80. The predicted octanol–water partition coefficient (Wildman–Crippen LogP) is 2.10. The van der Waals surface area contributed by atoms with Gasteiger partial charge in [-0.3, -0.25) is 14.5 Å². The van der Waals surface area contributed by atoms with E-state index < -0.39 is 0 Å². The van der Waals surface area contributed by atoms with Crippen LogP contribution in [0, 0.1) is 0 Å². The number of nitrogens with one attached hydrogen (secondary N) is 2. The zero-order chi connectivity index (χ0) is 17.4. The van der Waals surface area contributed by atoms with Crippen LogP contribution in [0.2, 0.25) is 5.02 Å². The summed E-state index contributed by atoms with van der Waals surface area (Å²) in [6.45, 7) is 1.28. The minimum atomic E-state index is -0.348. The van der Waals surface area contributed by atoms with Crippen LogP contribution < -0.4 is 15.4 Å². The van der Waals surface area contributed by atoms with Gasteiger partial charge >= 0.3 is 6.03 Å². The summed E-state index contributed by atoms with van der Waals surface area (Å²) < 4.78 is 5.50. The average molecular weight is 372 g/mol. The molecule has 1 saturated heterocycles. The number of ether oxygens (including phenoxy) is 1. The first kappa shape index (κ1) is 18.4. The lowest BCUT2D eigenvalue weighted by molar-refractivity contribution is -0.124. The monoisotopic (exact) mass is 371 g/mol. The molecule has 7 nitrogen and oxygen atoms in total. The molecule has 0 aliphatic carbocycles. The van der Waals surface area contributed by atoms with Crippen molar-refractivity contribution >= 4 is 40.5 Å². The van der Waals surface area contributed by atoms with E-state index in [-0.39, 0.29) is 36.0 Å². The maximum atomic E-state index is 11.6. The van der Waals surface area contributed by atoms with Gasteiger partial charge < -0.3 is 15.4 Å². The molecule has 0 aromatic heterocycles. The molecule has 2 rings (SSSR count). The van der Waals surface area contributed by atoms with Gasteiger partial charge in [0.25, 0.3) is 5.24 Å². The molecule has 0 spiro atoms. The van der Waals surface area contributed by atoms with E-state index in [1.54, 1.807) is 12.1 Å². The standard InChI is InChI=1S/C15H18ClN3O4S/c16-11-4-1-2-5-12(11)23-9-3-6-17-14(21)18-7-8-19-13(20)10-24-15(19)22/h1-2,4-5H,3,6-10H2,(H2,17,18,21). The van der Waals surface area contributed by atoms with E-state index in [4.69, 9.17) is 16.3 Å². The van der Waals surface area contributed by atoms with Crippen molar-refractivity contribution in [3.8, 4) is 5.75 Å². The van der Waals surface area contributed by atoms with Crippen molar-refractivity contribution in [2.24, 2.45) is 0 Å². The van der Waals surface area contributed by atoms with E-state index in [0.29, 0.717) is 30.3 Å². The van der Waals surface area contributed by atoms with Crippen molar-refractivity contribution in [1.29, 1.82) is 0 Å². The summed E-state index contributed by atoms with van der Waals surface area (Å²) in [7, 11) is 0. The molecule has 1 aromatic carbocycles. The Hall–Kier alpha value is -1.93. The zero-order valence-electron chi connectivity index (χ0n) is 12.9. The average Bonchev–Trinajstić information content (AvgIpc) is 2.88. The number of amides is 4. The third-order valence-corrected chi connectivity index (χ3v) is 4.33. The van der Waals surface area contributed by atoms with Gasteiger partial charge in [-0.15, -0.1) is 0 Å². The van der Waals surface area contributed by atoms with Crippen LogP contribution in [0.1, 0.15) is 6.42 Å². The summed E-state index contributed by atoms with van der Waals surface area (Å²) in [6, 6.07) is 6.84. The molecule has 0 atom stereocenters. The van der Waals surface area contributed by atoms with Crippen LogP contribution in [0.4, 0.5) is 9.59 Å². The molecule has 24 heavy (non-hydrogen) atoms. The summed E-state index contributed by atoms with van der Waals surface area (Å²) in [6.07, 6.45) is 0.623. The fourth-order valence-corrected chi connectivity index (χ4v) is 2.90. The number of thioether (sulfide) groups is 1. The van der Waals surface area contributed by atoms with Crippen LogP contribution >= 0.6 is 23.4 Å². The van der Waals surface area contributed by atoms with Crippen molar-refractivity contribution in [3.05, 3.63) is 29.3 Å². The van der Waals surface area contributed by atoms with Crippen molar-refractivity contribution in [2.75, 3.05) is 32.0 Å². The summed E-state index contributed by atoms with van der Waals surface area (Å²) in [5, 5.41) is 5.56. The van der Waals surface area contributed by atoms with Gasteiger partial charge in [0, 0.05) is 19.6 Å². The van der Waals surface area contributed by atoms with E-state index in [1.807, 2.05) is 12.1 Å². The molecule has 4 amide bonds. The lowest BCUT2D eigenvalue weighted by atomic mass is 10.3. The van der Waals surface area contributed by atoms with Gasteiger partial charge in [0.15, 0.2) is 0 Å². The molecule has 1 aromatic rings. The number of imide groups is 1. The highest BCUT2D eigenvalue weighted by Crippen LogP contribution is 2.23. The number of carbonyl (C=O) groups is 3. The Labute approximate surface area is 149 Å². The number of carbonyl (C=O) groups excluding carboxylic acids is 3. The van der Waals surface area contributed by atoms with Crippen LogP contribution in [-0.2, 0) is 4.79 Å². The van der Waals surface area contributed by atoms with Gasteiger partial charge in [-0.05, 0) is 18.6 Å². The SMILES string of the molecule is O=C(NCCCOc1ccccc1Cl)NCCN1C(=O)CSC1=O. The Balaban J connectivity index is 1.53. The van der Waals surface area contributed by atoms with E-state index in [2.05, 4.69) is 10.6 Å². The maximum Gasteiger partial charge on any atom is 0.314 e. The highest BCUT2D eigenvalue weighted by atomic mass is 35.5. The van der Waals surface area contributed by atoms with E-state index in [9.17, 15) is 14.4 Å². The highest BCUT2D eigenvalue weighted by Gasteiger charge is 2.29. The molecule has 0 saturated carbocycles. The van der Waals surface area contributed by atoms with Gasteiger partial charge in [-0.2, -0.15) is 0 Å². The quantitative estimate of drug-likeness (QED) is 0.683. The minimum Gasteiger partial charge on any atom is -0.492 e. The molecule has 9 heteroatoms. The number of hydrogen-bond acceptors (Lipinski definition) is 5. The number of para-hydroxylation sites is 1. The fourth-order valence-electron chi connectivity index (χ4n) is 1.96. The summed E-state index contributed by atoms with van der Waals surface area (Å²) in [4.78, 5) is 35.5. The second-order valence-electron chi connectivity index (χ2n) is 4.92. The number of benzene rings is 1. The van der Waals surface area contributed by atoms with E-state index in [0.717, 1.165) is 16.7 Å². The fraction of sp³-hybridized carbons (Fsp3) is 0.400. The number of hydrogen-bond donors (Lipinski definition) is 2. The van der Waals surface area contributed by atoms with Crippen molar-refractivity contribution < 1.29 is 19.1 Å². The predicted molar refractivity (Wildman–Crippen MR) is 92.5 cm³/mol. The third-order valence-electron chi connectivity index (χ3n) is 3.16. The lowest BCUT2D eigenvalue weighted by Gasteiger charge is -2.13. The zero-order valence-corrected chi connectivity index (χ0v) is 14.5. The Kier molecular flexibility index (Phi) is 7.20. The van der Waals surface area contributed by atoms with Crippen molar-refractivity contribution in [2.45, 2.75) is 6.42 Å². The van der Waals surface area contributed by atoms with E-state index in [1.165, 1.54) is 0 Å². The minimum absolute atomic E-state index is 0.177. The number of halogens is 1. The number of urea groups is 1. The molecule has 0 unspecified atom stereocenters. The van der Waals surface area contributed by atoms with Gasteiger partial charge in [-0.25, -0.2) is 4.79 Å². The molecule has 0 bridgehead atoms. The Bertz CT molecular complexity index is 598. The van der Waals surface area contributed by atoms with Crippen LogP contribution in [0.15, 0.2) is 24.3 Å². The first-order valence-electron chi connectivity index (χ1n) is 7.44. The molecule has 1 fully saturated rings. The third kappa shape index (κ3) is 5.61. The second-order valence-corrected chi connectivity index (χ2v) is 6.25. The molecule has 1 aliphatic heterocycles. The first-order chi connectivity index (χ1) is 11.6. The van der Waals surface area contributed by atoms with Crippen molar-refractivity contribution in [1.82, 2.24) is 15.5 Å². The maximum absolute atomic E-state index is 11.6. The lowest BCUT2D eigenvalue weighted by Crippen LogP contribution is -2.42. The molecule has 1 heterocycles. The Morgan fingerprint density at radius 1 is 1.25 bits per heavy atom. The van der Waals surface area contributed by atoms with Crippen LogP contribution in [-0.4, -0.2) is 54.1 Å². The van der Waals surface area contributed by atoms with Crippen molar-refractivity contribution in [3.63, 3.8) is 0 Å². The molecule has 2 N–H and O–H groups in total. The second kappa shape index (κ2) is 9.39. The Morgan fingerprint density at radius 2 is 2.00 bits per heavy atom.